The number of aromatic nitrogens is 2. The number of anilines is 1. The number of amides is 1. The molecule has 1 aromatic heterocycles. The normalized spacial score (nSPS) is 14.2. The van der Waals surface area contributed by atoms with E-state index in [4.69, 9.17) is 5.26 Å². The smallest absolute Gasteiger partial charge is 0.379 e. The zero-order valence-corrected chi connectivity index (χ0v) is 16.0. The van der Waals surface area contributed by atoms with E-state index in [-0.39, 0.29) is 5.69 Å². The fourth-order valence-corrected chi connectivity index (χ4v) is 4.74. The first-order valence-electron chi connectivity index (χ1n) is 7.44. The van der Waals surface area contributed by atoms with Gasteiger partial charge in [0.05, 0.1) is 22.9 Å². The monoisotopic (exact) mass is 434 g/mol. The van der Waals surface area contributed by atoms with Gasteiger partial charge >= 0.3 is 6.18 Å². The first-order chi connectivity index (χ1) is 12.8. The fourth-order valence-electron chi connectivity index (χ4n) is 2.12. The summed E-state index contributed by atoms with van der Waals surface area (Å²) in [6.07, 6.45) is -4.84. The molecule has 13 heteroatoms. The Morgan fingerprint density at radius 1 is 1.36 bits per heavy atom. The molecule has 28 heavy (non-hydrogen) atoms. The van der Waals surface area contributed by atoms with E-state index in [0.29, 0.717) is 11.1 Å². The standard InChI is InChI=1S/C15H13F3N4O4S2/c1-8-21-22-13(27-8)28(25,26)7-14(2,24)12(23)20-10-4-3-9(6-19)11(5-10)15(16,17)18/h3-5,24H,7H2,1-2H3,(H,20,23). The van der Waals surface area contributed by atoms with Gasteiger partial charge in [-0.15, -0.1) is 10.2 Å². The molecule has 150 valence electrons. The molecular weight excluding hydrogens is 421 g/mol. The molecule has 0 saturated carbocycles. The fraction of sp³-hybridized carbons (Fsp3) is 0.333. The number of nitrogens with zero attached hydrogens (tertiary/aromatic N) is 3. The summed E-state index contributed by atoms with van der Waals surface area (Å²) < 4.78 is 63.1. The van der Waals surface area contributed by atoms with Crippen molar-refractivity contribution in [3.63, 3.8) is 0 Å². The van der Waals surface area contributed by atoms with Crippen LogP contribution in [0.15, 0.2) is 22.5 Å². The first kappa shape index (κ1) is 21.7. The van der Waals surface area contributed by atoms with Gasteiger partial charge in [0.1, 0.15) is 5.01 Å². The second kappa shape index (κ2) is 7.46. The highest BCUT2D eigenvalue weighted by Gasteiger charge is 2.39. The average Bonchev–Trinajstić information content (AvgIpc) is 3.00. The van der Waals surface area contributed by atoms with Crippen molar-refractivity contribution in [3.8, 4) is 6.07 Å². The van der Waals surface area contributed by atoms with E-state index < -0.39 is 48.7 Å². The van der Waals surface area contributed by atoms with Gasteiger partial charge in [0.2, 0.25) is 14.2 Å². The maximum Gasteiger partial charge on any atom is 0.417 e. The minimum atomic E-state index is -4.84. The van der Waals surface area contributed by atoms with Gasteiger partial charge in [-0.2, -0.15) is 18.4 Å². The quantitative estimate of drug-likeness (QED) is 0.734. The first-order valence-corrected chi connectivity index (χ1v) is 9.91. The number of carbonyl (C=O) groups is 1. The number of aryl methyl sites for hydroxylation is 1. The molecule has 0 aliphatic rings. The number of alkyl halides is 3. The van der Waals surface area contributed by atoms with Gasteiger partial charge in [0, 0.05) is 5.69 Å². The van der Waals surface area contributed by atoms with Crippen LogP contribution >= 0.6 is 11.3 Å². The Morgan fingerprint density at radius 3 is 2.50 bits per heavy atom. The molecule has 0 aliphatic heterocycles. The summed E-state index contributed by atoms with van der Waals surface area (Å²) >= 11 is 0.751. The predicted octanol–water partition coefficient (Wildman–Crippen LogP) is 1.90. The SMILES string of the molecule is Cc1nnc(S(=O)(=O)CC(C)(O)C(=O)Nc2ccc(C#N)c(C(F)(F)F)c2)s1. The zero-order valence-electron chi connectivity index (χ0n) is 14.4. The van der Waals surface area contributed by atoms with Crippen molar-refractivity contribution >= 4 is 32.8 Å². The number of rotatable bonds is 5. The van der Waals surface area contributed by atoms with Crippen LogP contribution in [-0.2, 0) is 20.8 Å². The molecule has 2 aromatic rings. The van der Waals surface area contributed by atoms with Crippen LogP contribution in [-0.4, -0.2) is 41.0 Å². The van der Waals surface area contributed by atoms with Gasteiger partial charge < -0.3 is 10.4 Å². The Hall–Kier alpha value is -2.56. The average molecular weight is 434 g/mol. The Balaban J connectivity index is 2.25. The lowest BCUT2D eigenvalue weighted by atomic mass is 10.1. The minimum Gasteiger partial charge on any atom is -0.379 e. The topological polar surface area (TPSA) is 133 Å². The van der Waals surface area contributed by atoms with Crippen molar-refractivity contribution in [2.45, 2.75) is 30.0 Å². The second-order valence-corrected chi connectivity index (χ2v) is 9.29. The Morgan fingerprint density at radius 2 is 2.00 bits per heavy atom. The number of halogens is 3. The highest BCUT2D eigenvalue weighted by molar-refractivity contribution is 7.93. The number of sulfone groups is 1. The van der Waals surface area contributed by atoms with Crippen molar-refractivity contribution in [2.24, 2.45) is 0 Å². The predicted molar refractivity (Wildman–Crippen MR) is 92.1 cm³/mol. The molecule has 0 saturated heterocycles. The maximum atomic E-state index is 13.0. The summed E-state index contributed by atoms with van der Waals surface area (Å²) in [6.45, 7) is 2.42. The van der Waals surface area contributed by atoms with E-state index in [1.54, 1.807) is 0 Å². The summed E-state index contributed by atoms with van der Waals surface area (Å²) in [4.78, 5) is 12.3. The summed E-state index contributed by atoms with van der Waals surface area (Å²) in [5.41, 5.74) is -4.75. The highest BCUT2D eigenvalue weighted by Crippen LogP contribution is 2.33. The molecule has 8 nitrogen and oxygen atoms in total. The highest BCUT2D eigenvalue weighted by atomic mass is 32.2. The van der Waals surface area contributed by atoms with Gasteiger partial charge in [-0.3, -0.25) is 4.79 Å². The number of nitrogens with one attached hydrogen (secondary N) is 1. The van der Waals surface area contributed by atoms with E-state index in [0.717, 1.165) is 30.4 Å². The number of hydrogen-bond acceptors (Lipinski definition) is 8. The van der Waals surface area contributed by atoms with Crippen molar-refractivity contribution in [3.05, 3.63) is 34.3 Å². The van der Waals surface area contributed by atoms with Crippen LogP contribution in [0, 0.1) is 18.3 Å². The summed E-state index contributed by atoms with van der Waals surface area (Å²) in [6, 6.07) is 3.80. The van der Waals surface area contributed by atoms with Crippen LogP contribution in [0.3, 0.4) is 0 Å². The molecule has 1 amide bonds. The lowest BCUT2D eigenvalue weighted by Crippen LogP contribution is -2.45. The molecule has 0 bridgehead atoms. The van der Waals surface area contributed by atoms with Gasteiger partial charge in [-0.05, 0) is 32.0 Å². The van der Waals surface area contributed by atoms with Gasteiger partial charge in [0.25, 0.3) is 5.91 Å². The van der Waals surface area contributed by atoms with Crippen LogP contribution in [0.25, 0.3) is 0 Å². The third kappa shape index (κ3) is 4.83. The van der Waals surface area contributed by atoms with E-state index in [1.807, 2.05) is 5.32 Å². The Labute approximate surface area is 161 Å². The van der Waals surface area contributed by atoms with Crippen LogP contribution < -0.4 is 5.32 Å². The molecule has 2 N–H and O–H groups in total. The van der Waals surface area contributed by atoms with E-state index >= 15 is 0 Å². The molecule has 0 spiro atoms. The van der Waals surface area contributed by atoms with Crippen molar-refractivity contribution in [1.29, 1.82) is 5.26 Å². The van der Waals surface area contributed by atoms with Gasteiger partial charge in [-0.25, -0.2) is 8.42 Å². The molecule has 0 aliphatic carbocycles. The van der Waals surface area contributed by atoms with Gasteiger partial charge in [-0.1, -0.05) is 11.3 Å². The lowest BCUT2D eigenvalue weighted by molar-refractivity contribution is -0.137. The van der Waals surface area contributed by atoms with Crippen LogP contribution in [0.5, 0.6) is 0 Å². The molecule has 1 aromatic carbocycles. The second-order valence-electron chi connectivity index (χ2n) is 5.94. The van der Waals surface area contributed by atoms with E-state index in [9.17, 15) is 31.5 Å². The van der Waals surface area contributed by atoms with Crippen molar-refractivity contribution in [1.82, 2.24) is 10.2 Å². The molecule has 1 heterocycles. The number of hydrogen-bond donors (Lipinski definition) is 2. The van der Waals surface area contributed by atoms with Crippen LogP contribution in [0.1, 0.15) is 23.1 Å². The van der Waals surface area contributed by atoms with Crippen molar-refractivity contribution < 1.29 is 31.5 Å². The van der Waals surface area contributed by atoms with E-state index in [2.05, 4.69) is 10.2 Å². The van der Waals surface area contributed by atoms with Crippen LogP contribution in [0.2, 0.25) is 0 Å². The molecular formula is C15H13F3N4O4S2. The Bertz CT molecular complexity index is 1060. The number of aliphatic hydroxyl groups is 1. The number of nitriles is 1. The number of benzene rings is 1. The summed E-state index contributed by atoms with van der Waals surface area (Å²) in [5, 5.41) is 28.4. The minimum absolute atomic E-state index is 0.360. The summed E-state index contributed by atoms with van der Waals surface area (Å²) in [7, 11) is -4.17. The summed E-state index contributed by atoms with van der Waals surface area (Å²) in [5.74, 6) is -2.29. The van der Waals surface area contributed by atoms with Crippen molar-refractivity contribution in [2.75, 3.05) is 11.1 Å². The molecule has 0 radical (unpaired) electrons. The van der Waals surface area contributed by atoms with E-state index in [1.165, 1.54) is 13.0 Å². The third-order valence-corrected chi connectivity index (χ3v) is 6.64. The lowest BCUT2D eigenvalue weighted by Gasteiger charge is -2.22. The molecule has 1 unspecified atom stereocenters. The third-order valence-electron chi connectivity index (χ3n) is 3.44. The maximum absolute atomic E-state index is 13.0. The molecule has 0 fully saturated rings. The zero-order chi connectivity index (χ0) is 21.3. The molecule has 2 rings (SSSR count). The largest absolute Gasteiger partial charge is 0.417 e. The number of carbonyl (C=O) groups excluding carboxylic acids is 1. The van der Waals surface area contributed by atoms with Gasteiger partial charge in [0.15, 0.2) is 5.60 Å². The van der Waals surface area contributed by atoms with Crippen LogP contribution in [0.4, 0.5) is 18.9 Å². The Kier molecular flexibility index (Phi) is 5.79. The molecule has 1 atom stereocenters.